The molecule has 16 heavy (non-hydrogen) atoms. The van der Waals surface area contributed by atoms with Gasteiger partial charge in [-0.3, -0.25) is 4.79 Å². The van der Waals surface area contributed by atoms with Crippen LogP contribution in [-0.2, 0) is 4.79 Å². The topological polar surface area (TPSA) is 63.3 Å². The molecule has 0 saturated heterocycles. The lowest BCUT2D eigenvalue weighted by molar-refractivity contribution is -0.139. The predicted octanol–water partition coefficient (Wildman–Crippen LogP) is 2.61. The summed E-state index contributed by atoms with van der Waals surface area (Å²) in [6.07, 6.45) is 2.04. The third kappa shape index (κ3) is 2.16. The summed E-state index contributed by atoms with van der Waals surface area (Å²) in [5.41, 5.74) is 6.30. The summed E-state index contributed by atoms with van der Waals surface area (Å²) in [7, 11) is 0. The van der Waals surface area contributed by atoms with Crippen LogP contribution in [-0.4, -0.2) is 15.8 Å². The molecule has 0 aliphatic heterocycles. The summed E-state index contributed by atoms with van der Waals surface area (Å²) in [5, 5.41) is 9.31. The monoisotopic (exact) mass is 237 g/mol. The van der Waals surface area contributed by atoms with Crippen molar-refractivity contribution in [2.24, 2.45) is 5.92 Å². The normalized spacial score (nSPS) is 19.1. The van der Waals surface area contributed by atoms with Crippen LogP contribution in [0.15, 0.2) is 29.2 Å². The summed E-state index contributed by atoms with van der Waals surface area (Å²) in [5.74, 6) is -0.427. The Kier molecular flexibility index (Phi) is 2.84. The number of thioether (sulfide) groups is 1. The van der Waals surface area contributed by atoms with Gasteiger partial charge in [0.1, 0.15) is 4.75 Å². The molecular formula is C12H15NO2S. The summed E-state index contributed by atoms with van der Waals surface area (Å²) in [6.45, 7) is 1.81. The van der Waals surface area contributed by atoms with Crippen LogP contribution in [0.2, 0.25) is 0 Å². The van der Waals surface area contributed by atoms with Gasteiger partial charge in [0.2, 0.25) is 0 Å². The number of nitrogen functional groups attached to an aromatic ring is 1. The van der Waals surface area contributed by atoms with Crippen LogP contribution in [0.5, 0.6) is 0 Å². The van der Waals surface area contributed by atoms with Crippen molar-refractivity contribution < 1.29 is 9.90 Å². The molecule has 0 aromatic heterocycles. The van der Waals surface area contributed by atoms with E-state index in [1.807, 2.05) is 19.1 Å². The molecular weight excluding hydrogens is 222 g/mol. The fourth-order valence-electron chi connectivity index (χ4n) is 1.72. The lowest BCUT2D eigenvalue weighted by atomic mass is 10.1. The number of benzene rings is 1. The maximum atomic E-state index is 11.3. The van der Waals surface area contributed by atoms with E-state index in [0.29, 0.717) is 11.6 Å². The Hall–Kier alpha value is -1.16. The van der Waals surface area contributed by atoms with Gasteiger partial charge in [0.15, 0.2) is 0 Å². The van der Waals surface area contributed by atoms with Crippen LogP contribution in [0.4, 0.5) is 5.69 Å². The Labute approximate surface area is 99.0 Å². The highest BCUT2D eigenvalue weighted by Gasteiger charge is 2.48. The predicted molar refractivity (Wildman–Crippen MR) is 65.5 cm³/mol. The minimum atomic E-state index is -0.725. The van der Waals surface area contributed by atoms with E-state index in [1.165, 1.54) is 11.8 Å². The van der Waals surface area contributed by atoms with Gasteiger partial charge in [0.05, 0.1) is 0 Å². The second-order valence-corrected chi connectivity index (χ2v) is 5.88. The Morgan fingerprint density at radius 1 is 1.44 bits per heavy atom. The van der Waals surface area contributed by atoms with E-state index in [1.54, 1.807) is 12.1 Å². The van der Waals surface area contributed by atoms with Crippen LogP contribution in [0.3, 0.4) is 0 Å². The highest BCUT2D eigenvalue weighted by Crippen LogP contribution is 2.50. The first-order valence-corrected chi connectivity index (χ1v) is 6.12. The van der Waals surface area contributed by atoms with Gasteiger partial charge in [-0.2, -0.15) is 0 Å². The van der Waals surface area contributed by atoms with E-state index in [2.05, 4.69) is 0 Å². The summed E-state index contributed by atoms with van der Waals surface area (Å²) in [4.78, 5) is 12.3. The van der Waals surface area contributed by atoms with Crippen molar-refractivity contribution in [3.05, 3.63) is 24.3 Å². The van der Waals surface area contributed by atoms with Gasteiger partial charge in [-0.1, -0.05) is 0 Å². The first-order chi connectivity index (χ1) is 7.52. The average molecular weight is 237 g/mol. The SMILES string of the molecule is CC(Sc1ccc(N)cc1)(C(=O)O)C1CC1. The van der Waals surface area contributed by atoms with Crippen molar-refractivity contribution in [2.75, 3.05) is 5.73 Å². The van der Waals surface area contributed by atoms with E-state index >= 15 is 0 Å². The molecule has 0 amide bonds. The van der Waals surface area contributed by atoms with Crippen molar-refractivity contribution in [3.63, 3.8) is 0 Å². The number of anilines is 1. The highest BCUT2D eigenvalue weighted by atomic mass is 32.2. The number of rotatable bonds is 4. The quantitative estimate of drug-likeness (QED) is 0.624. The van der Waals surface area contributed by atoms with Gasteiger partial charge in [-0.15, -0.1) is 11.8 Å². The van der Waals surface area contributed by atoms with Crippen LogP contribution in [0, 0.1) is 5.92 Å². The molecule has 86 valence electrons. The van der Waals surface area contributed by atoms with E-state index in [-0.39, 0.29) is 0 Å². The molecule has 4 heteroatoms. The van der Waals surface area contributed by atoms with Gasteiger partial charge < -0.3 is 10.8 Å². The third-order valence-electron chi connectivity index (χ3n) is 2.99. The third-order valence-corrected chi connectivity index (χ3v) is 4.43. The zero-order valence-corrected chi connectivity index (χ0v) is 9.96. The molecule has 1 aromatic rings. The minimum Gasteiger partial charge on any atom is -0.480 e. The van der Waals surface area contributed by atoms with Crippen molar-refractivity contribution in [2.45, 2.75) is 29.4 Å². The molecule has 2 rings (SSSR count). The van der Waals surface area contributed by atoms with Crippen LogP contribution < -0.4 is 5.73 Å². The number of carbonyl (C=O) groups is 1. The van der Waals surface area contributed by atoms with Gasteiger partial charge in [0, 0.05) is 10.6 Å². The molecule has 1 aromatic carbocycles. The Bertz CT molecular complexity index is 400. The average Bonchev–Trinajstić information content (AvgIpc) is 3.04. The van der Waals surface area contributed by atoms with Crippen molar-refractivity contribution in [1.29, 1.82) is 0 Å². The lowest BCUT2D eigenvalue weighted by Gasteiger charge is -2.23. The first-order valence-electron chi connectivity index (χ1n) is 5.30. The molecule has 0 radical (unpaired) electrons. The van der Waals surface area contributed by atoms with Gasteiger partial charge in [-0.05, 0) is 49.9 Å². The smallest absolute Gasteiger partial charge is 0.320 e. The molecule has 1 aliphatic carbocycles. The molecule has 0 heterocycles. The Morgan fingerprint density at radius 3 is 2.44 bits per heavy atom. The van der Waals surface area contributed by atoms with Crippen LogP contribution in [0.25, 0.3) is 0 Å². The lowest BCUT2D eigenvalue weighted by Crippen LogP contribution is -2.33. The number of hydrogen-bond acceptors (Lipinski definition) is 3. The van der Waals surface area contributed by atoms with E-state index in [9.17, 15) is 9.90 Å². The number of hydrogen-bond donors (Lipinski definition) is 2. The molecule has 1 unspecified atom stereocenters. The molecule has 1 atom stereocenters. The van der Waals surface area contributed by atoms with Crippen molar-refractivity contribution in [1.82, 2.24) is 0 Å². The summed E-state index contributed by atoms with van der Waals surface area (Å²) >= 11 is 1.42. The molecule has 1 fully saturated rings. The fourth-order valence-corrected chi connectivity index (χ4v) is 2.97. The van der Waals surface area contributed by atoms with Gasteiger partial charge >= 0.3 is 5.97 Å². The first kappa shape index (κ1) is 11.3. The highest BCUT2D eigenvalue weighted by molar-refractivity contribution is 8.01. The Morgan fingerprint density at radius 2 is 2.00 bits per heavy atom. The fraction of sp³-hybridized carbons (Fsp3) is 0.417. The minimum absolute atomic E-state index is 0.299. The van der Waals surface area contributed by atoms with E-state index in [0.717, 1.165) is 17.7 Å². The summed E-state index contributed by atoms with van der Waals surface area (Å²) < 4.78 is -0.698. The Balaban J connectivity index is 2.17. The molecule has 0 bridgehead atoms. The molecule has 0 spiro atoms. The van der Waals surface area contributed by atoms with Crippen LogP contribution >= 0.6 is 11.8 Å². The number of carboxylic acid groups (broad SMARTS) is 1. The number of aliphatic carboxylic acids is 1. The number of nitrogens with two attached hydrogens (primary N) is 1. The van der Waals surface area contributed by atoms with Gasteiger partial charge in [-0.25, -0.2) is 0 Å². The maximum absolute atomic E-state index is 11.3. The van der Waals surface area contributed by atoms with E-state index < -0.39 is 10.7 Å². The standard InChI is InChI=1S/C12H15NO2S/c1-12(11(14)15,8-2-3-8)16-10-6-4-9(13)5-7-10/h4-8H,2-3,13H2,1H3,(H,14,15). The van der Waals surface area contributed by atoms with E-state index in [4.69, 9.17) is 5.73 Å². The maximum Gasteiger partial charge on any atom is 0.320 e. The van der Waals surface area contributed by atoms with Crippen molar-refractivity contribution >= 4 is 23.4 Å². The molecule has 3 N–H and O–H groups in total. The second kappa shape index (κ2) is 4.01. The van der Waals surface area contributed by atoms with Crippen LogP contribution in [0.1, 0.15) is 19.8 Å². The zero-order chi connectivity index (χ0) is 11.8. The van der Waals surface area contributed by atoms with Crippen molar-refractivity contribution in [3.8, 4) is 0 Å². The zero-order valence-electron chi connectivity index (χ0n) is 9.14. The molecule has 3 nitrogen and oxygen atoms in total. The van der Waals surface area contributed by atoms with Gasteiger partial charge in [0.25, 0.3) is 0 Å². The molecule has 1 saturated carbocycles. The summed E-state index contributed by atoms with van der Waals surface area (Å²) in [6, 6.07) is 7.36. The largest absolute Gasteiger partial charge is 0.480 e. The molecule has 1 aliphatic rings. The number of carboxylic acids is 1. The second-order valence-electron chi connectivity index (χ2n) is 4.36.